The molecular formula is C11H23N3. The molecule has 1 atom stereocenters. The van der Waals surface area contributed by atoms with Crippen molar-refractivity contribution < 1.29 is 0 Å². The Morgan fingerprint density at radius 1 is 1.43 bits per heavy atom. The summed E-state index contributed by atoms with van der Waals surface area (Å²) in [4.78, 5) is 2.18. The van der Waals surface area contributed by atoms with Gasteiger partial charge in [0.1, 0.15) is 0 Å². The molecule has 0 fully saturated rings. The first kappa shape index (κ1) is 13.4. The normalized spacial score (nSPS) is 13.6. The van der Waals surface area contributed by atoms with E-state index in [9.17, 15) is 0 Å². The van der Waals surface area contributed by atoms with E-state index in [-0.39, 0.29) is 11.6 Å². The number of nitrogens with two attached hydrogens (primary N) is 1. The molecule has 0 aliphatic heterocycles. The number of hydrazine groups is 1. The highest BCUT2D eigenvalue weighted by atomic mass is 15.3. The molecule has 0 spiro atoms. The zero-order chi connectivity index (χ0) is 11.2. The molecule has 1 unspecified atom stereocenters. The van der Waals surface area contributed by atoms with Crippen LogP contribution in [0, 0.1) is 11.8 Å². The Morgan fingerprint density at radius 3 is 2.36 bits per heavy atom. The van der Waals surface area contributed by atoms with Crippen LogP contribution in [-0.2, 0) is 0 Å². The van der Waals surface area contributed by atoms with Gasteiger partial charge in [-0.05, 0) is 41.3 Å². The fourth-order valence-corrected chi connectivity index (χ4v) is 1.29. The minimum absolute atomic E-state index is 0.0458. The molecule has 82 valence electrons. The lowest BCUT2D eigenvalue weighted by Crippen LogP contribution is -2.57. The molecule has 3 heteroatoms. The Bertz CT molecular complexity index is 210. The van der Waals surface area contributed by atoms with Gasteiger partial charge in [-0.1, -0.05) is 0 Å². The second kappa shape index (κ2) is 6.02. The van der Waals surface area contributed by atoms with E-state index >= 15 is 0 Å². The molecule has 0 aliphatic rings. The number of likely N-dealkylation sites (N-methyl/N-ethyl adjacent to an activating group) is 1. The Balaban J connectivity index is 4.29. The highest BCUT2D eigenvalue weighted by molar-refractivity contribution is 4.98. The van der Waals surface area contributed by atoms with Crippen LogP contribution in [-0.4, -0.2) is 30.6 Å². The van der Waals surface area contributed by atoms with Gasteiger partial charge in [-0.2, -0.15) is 0 Å². The third kappa shape index (κ3) is 3.67. The summed E-state index contributed by atoms with van der Waals surface area (Å²) < 4.78 is 0. The Kier molecular flexibility index (Phi) is 5.78. The Morgan fingerprint density at radius 2 is 2.00 bits per heavy atom. The molecule has 0 radical (unpaired) electrons. The largest absolute Gasteiger partial charge is 0.303 e. The topological polar surface area (TPSA) is 41.3 Å². The lowest BCUT2D eigenvalue weighted by Gasteiger charge is -2.39. The van der Waals surface area contributed by atoms with E-state index in [1.54, 1.807) is 0 Å². The number of rotatable bonds is 5. The van der Waals surface area contributed by atoms with Gasteiger partial charge in [0.25, 0.3) is 0 Å². The zero-order valence-corrected chi connectivity index (χ0v) is 10.0. The van der Waals surface area contributed by atoms with Gasteiger partial charge in [0.2, 0.25) is 0 Å². The van der Waals surface area contributed by atoms with Crippen molar-refractivity contribution in [2.75, 3.05) is 14.1 Å². The minimum atomic E-state index is 0.0458. The fourth-order valence-electron chi connectivity index (χ4n) is 1.29. The predicted molar refractivity (Wildman–Crippen MR) is 61.6 cm³/mol. The zero-order valence-electron chi connectivity index (χ0n) is 10.0. The summed E-state index contributed by atoms with van der Waals surface area (Å²) in [5.41, 5.74) is 2.92. The molecule has 0 aliphatic carbocycles. The third-order valence-corrected chi connectivity index (χ3v) is 2.94. The van der Waals surface area contributed by atoms with Crippen molar-refractivity contribution in [2.24, 2.45) is 5.84 Å². The standard InChI is InChI=1S/C11H23N3/c1-6-7-8-9-10(13-12)11(2,3)14(4)5/h10,13H,8-9,12H2,1-5H3. The molecule has 3 nitrogen and oxygen atoms in total. The lowest BCUT2D eigenvalue weighted by atomic mass is 9.90. The van der Waals surface area contributed by atoms with Crippen LogP contribution in [0.5, 0.6) is 0 Å². The van der Waals surface area contributed by atoms with Crippen molar-refractivity contribution in [2.45, 2.75) is 45.2 Å². The first-order valence-electron chi connectivity index (χ1n) is 5.00. The number of hydrogen-bond donors (Lipinski definition) is 2. The summed E-state index contributed by atoms with van der Waals surface area (Å²) in [5.74, 6) is 11.5. The van der Waals surface area contributed by atoms with E-state index in [2.05, 4.69) is 50.1 Å². The second-order valence-electron chi connectivity index (χ2n) is 4.23. The van der Waals surface area contributed by atoms with Crippen LogP contribution in [0.15, 0.2) is 0 Å². The maximum Gasteiger partial charge on any atom is 0.0398 e. The van der Waals surface area contributed by atoms with E-state index < -0.39 is 0 Å². The molecule has 0 saturated carbocycles. The van der Waals surface area contributed by atoms with E-state index in [0.29, 0.717) is 0 Å². The van der Waals surface area contributed by atoms with Gasteiger partial charge in [0, 0.05) is 18.0 Å². The van der Waals surface area contributed by atoms with Gasteiger partial charge in [0.15, 0.2) is 0 Å². The first-order chi connectivity index (χ1) is 6.46. The lowest BCUT2D eigenvalue weighted by molar-refractivity contribution is 0.133. The van der Waals surface area contributed by atoms with Crippen molar-refractivity contribution in [1.29, 1.82) is 0 Å². The van der Waals surface area contributed by atoms with Crippen LogP contribution >= 0.6 is 0 Å². The van der Waals surface area contributed by atoms with Crippen LogP contribution in [0.1, 0.15) is 33.6 Å². The van der Waals surface area contributed by atoms with Gasteiger partial charge >= 0.3 is 0 Å². The monoisotopic (exact) mass is 197 g/mol. The van der Waals surface area contributed by atoms with Crippen molar-refractivity contribution in [3.05, 3.63) is 0 Å². The van der Waals surface area contributed by atoms with Crippen molar-refractivity contribution in [1.82, 2.24) is 10.3 Å². The fraction of sp³-hybridized carbons (Fsp3) is 0.818. The maximum absolute atomic E-state index is 5.55. The molecule has 0 bridgehead atoms. The second-order valence-corrected chi connectivity index (χ2v) is 4.23. The number of nitrogens with one attached hydrogen (secondary N) is 1. The average molecular weight is 197 g/mol. The van der Waals surface area contributed by atoms with Crippen LogP contribution in [0.4, 0.5) is 0 Å². The molecule has 0 aromatic heterocycles. The highest BCUT2D eigenvalue weighted by Gasteiger charge is 2.29. The Hall–Kier alpha value is -0.560. The summed E-state index contributed by atoms with van der Waals surface area (Å²) in [7, 11) is 4.13. The number of hydrogen-bond acceptors (Lipinski definition) is 3. The molecule has 0 heterocycles. The average Bonchev–Trinajstić information content (AvgIpc) is 2.12. The summed E-state index contributed by atoms with van der Waals surface area (Å²) in [5, 5.41) is 0. The van der Waals surface area contributed by atoms with Crippen LogP contribution in [0.2, 0.25) is 0 Å². The first-order valence-corrected chi connectivity index (χ1v) is 5.00. The highest BCUT2D eigenvalue weighted by Crippen LogP contribution is 2.18. The van der Waals surface area contributed by atoms with E-state index in [1.807, 2.05) is 6.92 Å². The summed E-state index contributed by atoms with van der Waals surface area (Å²) in [6.07, 6.45) is 1.87. The van der Waals surface area contributed by atoms with Crippen LogP contribution in [0.3, 0.4) is 0 Å². The molecule has 14 heavy (non-hydrogen) atoms. The van der Waals surface area contributed by atoms with E-state index in [0.717, 1.165) is 12.8 Å². The van der Waals surface area contributed by atoms with Gasteiger partial charge in [-0.3, -0.25) is 11.3 Å². The predicted octanol–water partition coefficient (Wildman–Crippen LogP) is 0.962. The van der Waals surface area contributed by atoms with E-state index in [1.165, 1.54) is 0 Å². The summed E-state index contributed by atoms with van der Waals surface area (Å²) in [6.45, 7) is 6.22. The molecule has 3 N–H and O–H groups in total. The third-order valence-electron chi connectivity index (χ3n) is 2.94. The van der Waals surface area contributed by atoms with E-state index in [4.69, 9.17) is 5.84 Å². The quantitative estimate of drug-likeness (QED) is 0.392. The van der Waals surface area contributed by atoms with Gasteiger partial charge in [-0.25, -0.2) is 0 Å². The minimum Gasteiger partial charge on any atom is -0.303 e. The molecule has 0 aromatic carbocycles. The molecule has 0 saturated heterocycles. The number of nitrogens with zero attached hydrogens (tertiary/aromatic N) is 1. The maximum atomic E-state index is 5.55. The smallest absolute Gasteiger partial charge is 0.0398 e. The van der Waals surface area contributed by atoms with Gasteiger partial charge < -0.3 is 4.90 Å². The summed E-state index contributed by atoms with van der Waals surface area (Å²) >= 11 is 0. The van der Waals surface area contributed by atoms with Crippen molar-refractivity contribution >= 4 is 0 Å². The van der Waals surface area contributed by atoms with Crippen LogP contribution < -0.4 is 11.3 Å². The van der Waals surface area contributed by atoms with Gasteiger partial charge in [-0.15, -0.1) is 11.8 Å². The van der Waals surface area contributed by atoms with Crippen molar-refractivity contribution in [3.8, 4) is 11.8 Å². The summed E-state index contributed by atoms with van der Waals surface area (Å²) in [6, 6.07) is 0.262. The molecular weight excluding hydrogens is 174 g/mol. The molecule has 0 aromatic rings. The molecule has 0 rings (SSSR count). The SMILES string of the molecule is CC#CCCC(NN)C(C)(C)N(C)C. The van der Waals surface area contributed by atoms with Crippen LogP contribution in [0.25, 0.3) is 0 Å². The Labute approximate surface area is 88.0 Å². The molecule has 0 amide bonds. The van der Waals surface area contributed by atoms with Crippen molar-refractivity contribution in [3.63, 3.8) is 0 Å². The van der Waals surface area contributed by atoms with Gasteiger partial charge in [0.05, 0.1) is 0 Å².